The van der Waals surface area contributed by atoms with Crippen LogP contribution in [0.15, 0.2) is 103 Å². The highest BCUT2D eigenvalue weighted by atomic mass is 19.4. The van der Waals surface area contributed by atoms with Gasteiger partial charge >= 0.3 is 6.18 Å². The van der Waals surface area contributed by atoms with Crippen molar-refractivity contribution in [1.29, 1.82) is 0 Å². The van der Waals surface area contributed by atoms with Crippen LogP contribution in [0.25, 0.3) is 5.57 Å². The van der Waals surface area contributed by atoms with Crippen LogP contribution in [0.1, 0.15) is 43.7 Å². The first-order chi connectivity index (χ1) is 16.4. The van der Waals surface area contributed by atoms with Gasteiger partial charge in [-0.15, -0.1) is 0 Å². The van der Waals surface area contributed by atoms with Gasteiger partial charge in [-0.2, -0.15) is 13.2 Å². The molecule has 0 bridgehead atoms. The van der Waals surface area contributed by atoms with Crippen molar-refractivity contribution in [2.24, 2.45) is 5.92 Å². The van der Waals surface area contributed by atoms with Crippen molar-refractivity contribution in [3.8, 4) is 0 Å². The van der Waals surface area contributed by atoms with Gasteiger partial charge < -0.3 is 5.32 Å². The highest BCUT2D eigenvalue weighted by Gasteiger charge is 2.40. The summed E-state index contributed by atoms with van der Waals surface area (Å²) in [5, 5.41) is 3.33. The standard InChI is InChI=1S/C29H31F3N2/c1-3-5-12-22(4-2)25(23-13-8-6-9-14-23)19-20-33-28-18-17-24(21-34-28)26-15-10-7-11-16-27(26)29(30,31)32/h4-18,21,25,27H,3,19-20H2,1-2H3,(H,33,34)/b12-5-,22-4+. The predicted octanol–water partition coefficient (Wildman–Crippen LogP) is 8.27. The molecule has 0 aliphatic heterocycles. The van der Waals surface area contributed by atoms with Gasteiger partial charge in [0.25, 0.3) is 0 Å². The molecule has 0 saturated carbocycles. The van der Waals surface area contributed by atoms with Crippen molar-refractivity contribution < 1.29 is 13.2 Å². The van der Waals surface area contributed by atoms with Crippen molar-refractivity contribution >= 4 is 11.4 Å². The smallest absolute Gasteiger partial charge is 0.370 e. The van der Waals surface area contributed by atoms with Gasteiger partial charge in [-0.05, 0) is 54.2 Å². The molecule has 0 radical (unpaired) electrons. The quantitative estimate of drug-likeness (QED) is 0.378. The normalized spacial score (nSPS) is 17.5. The molecule has 0 amide bonds. The van der Waals surface area contributed by atoms with Crippen molar-refractivity contribution in [3.63, 3.8) is 0 Å². The number of nitrogens with zero attached hydrogens (tertiary/aromatic N) is 1. The molecule has 1 aliphatic carbocycles. The minimum atomic E-state index is -4.35. The predicted molar refractivity (Wildman–Crippen MR) is 136 cm³/mol. The zero-order chi connectivity index (χ0) is 24.4. The van der Waals surface area contributed by atoms with Crippen molar-refractivity contribution in [1.82, 2.24) is 4.98 Å². The van der Waals surface area contributed by atoms with E-state index in [4.69, 9.17) is 0 Å². The third kappa shape index (κ3) is 6.83. The summed E-state index contributed by atoms with van der Waals surface area (Å²) < 4.78 is 40.6. The molecule has 0 spiro atoms. The maximum Gasteiger partial charge on any atom is 0.399 e. The molecule has 1 heterocycles. The molecule has 3 rings (SSSR count). The largest absolute Gasteiger partial charge is 0.399 e. The van der Waals surface area contributed by atoms with Crippen molar-refractivity contribution in [2.75, 3.05) is 11.9 Å². The average Bonchev–Trinajstić information content (AvgIpc) is 3.11. The van der Waals surface area contributed by atoms with Gasteiger partial charge in [-0.25, -0.2) is 4.98 Å². The van der Waals surface area contributed by atoms with E-state index in [1.807, 2.05) is 18.2 Å². The summed E-state index contributed by atoms with van der Waals surface area (Å²) in [7, 11) is 0. The molecule has 0 saturated heterocycles. The van der Waals surface area contributed by atoms with Crippen LogP contribution in [0.5, 0.6) is 0 Å². The number of halogens is 3. The van der Waals surface area contributed by atoms with Gasteiger partial charge in [0.1, 0.15) is 5.82 Å². The number of benzene rings is 1. The second kappa shape index (κ2) is 12.2. The average molecular weight is 465 g/mol. The van der Waals surface area contributed by atoms with Crippen molar-refractivity contribution in [3.05, 3.63) is 114 Å². The van der Waals surface area contributed by atoms with Crippen LogP contribution in [0, 0.1) is 5.92 Å². The Morgan fingerprint density at radius 1 is 1.09 bits per heavy atom. The fourth-order valence-corrected chi connectivity index (χ4v) is 4.06. The molecule has 1 aromatic carbocycles. The molecule has 1 aromatic heterocycles. The van der Waals surface area contributed by atoms with Gasteiger partial charge in [0.15, 0.2) is 0 Å². The van der Waals surface area contributed by atoms with E-state index in [2.05, 4.69) is 54.5 Å². The number of alkyl halides is 3. The number of rotatable bonds is 9. The van der Waals surface area contributed by atoms with Gasteiger partial charge in [0.2, 0.25) is 0 Å². The van der Waals surface area contributed by atoms with Crippen LogP contribution in [0.3, 0.4) is 0 Å². The number of pyridine rings is 1. The van der Waals surface area contributed by atoms with Gasteiger partial charge in [-0.1, -0.05) is 85.9 Å². The second-order valence-corrected chi connectivity index (χ2v) is 8.12. The first-order valence-electron chi connectivity index (χ1n) is 11.6. The lowest BCUT2D eigenvalue weighted by Gasteiger charge is -2.21. The Balaban J connectivity index is 1.70. The molecule has 1 N–H and O–H groups in total. The topological polar surface area (TPSA) is 24.9 Å². The molecule has 178 valence electrons. The first-order valence-corrected chi connectivity index (χ1v) is 11.6. The summed E-state index contributed by atoms with van der Waals surface area (Å²) in [6.45, 7) is 4.86. The Bertz CT molecular complexity index is 1060. The number of anilines is 1. The van der Waals surface area contributed by atoms with Crippen LogP contribution in [0.4, 0.5) is 19.0 Å². The summed E-state index contributed by atoms with van der Waals surface area (Å²) >= 11 is 0. The third-order valence-corrected chi connectivity index (χ3v) is 5.81. The lowest BCUT2D eigenvalue weighted by molar-refractivity contribution is -0.146. The second-order valence-electron chi connectivity index (χ2n) is 8.12. The Morgan fingerprint density at radius 2 is 1.88 bits per heavy atom. The van der Waals surface area contributed by atoms with E-state index in [0.29, 0.717) is 17.9 Å². The molecule has 2 atom stereocenters. The molecule has 2 nitrogen and oxygen atoms in total. The molecule has 1 aliphatic rings. The number of aromatic nitrogens is 1. The van der Waals surface area contributed by atoms with Crippen LogP contribution in [0.2, 0.25) is 0 Å². The van der Waals surface area contributed by atoms with E-state index in [1.54, 1.807) is 24.3 Å². The van der Waals surface area contributed by atoms with E-state index in [0.717, 1.165) is 12.8 Å². The lowest BCUT2D eigenvalue weighted by Crippen LogP contribution is -2.22. The fourth-order valence-electron chi connectivity index (χ4n) is 4.06. The Kier molecular flexibility index (Phi) is 9.08. The highest BCUT2D eigenvalue weighted by molar-refractivity contribution is 5.71. The van der Waals surface area contributed by atoms with Gasteiger partial charge in [-0.3, -0.25) is 0 Å². The lowest BCUT2D eigenvalue weighted by atomic mass is 9.87. The van der Waals surface area contributed by atoms with Crippen LogP contribution in [-0.2, 0) is 0 Å². The number of hydrogen-bond donors (Lipinski definition) is 1. The van der Waals surface area contributed by atoms with Gasteiger partial charge in [0, 0.05) is 18.7 Å². The summed E-state index contributed by atoms with van der Waals surface area (Å²) in [5.41, 5.74) is 3.17. The molecule has 2 aromatic rings. The molecular formula is C29H31F3N2. The number of nitrogens with one attached hydrogen (secondary N) is 1. The third-order valence-electron chi connectivity index (χ3n) is 5.81. The van der Waals surface area contributed by atoms with Crippen LogP contribution in [-0.4, -0.2) is 17.7 Å². The monoisotopic (exact) mass is 464 g/mol. The summed E-state index contributed by atoms with van der Waals surface area (Å²) in [5.74, 6) is -0.765. The summed E-state index contributed by atoms with van der Waals surface area (Å²) in [6, 6.07) is 13.8. The molecular weight excluding hydrogens is 433 g/mol. The minimum Gasteiger partial charge on any atom is -0.370 e. The number of allylic oxidation sites excluding steroid dienone is 10. The molecule has 2 unspecified atom stereocenters. The van der Waals surface area contributed by atoms with Crippen molar-refractivity contribution in [2.45, 2.75) is 38.8 Å². The fraction of sp³-hybridized carbons (Fsp3) is 0.276. The molecule has 0 fully saturated rings. The first kappa shape index (κ1) is 25.3. The molecule has 5 heteroatoms. The minimum absolute atomic E-state index is 0.195. The van der Waals surface area contributed by atoms with E-state index < -0.39 is 12.1 Å². The van der Waals surface area contributed by atoms with E-state index in [9.17, 15) is 13.2 Å². The van der Waals surface area contributed by atoms with E-state index in [1.165, 1.54) is 35.6 Å². The summed E-state index contributed by atoms with van der Waals surface area (Å²) in [4.78, 5) is 4.39. The number of hydrogen-bond acceptors (Lipinski definition) is 2. The summed E-state index contributed by atoms with van der Waals surface area (Å²) in [6.07, 6.45) is 12.8. The Hall–Kier alpha value is -3.34. The zero-order valence-corrected chi connectivity index (χ0v) is 19.6. The van der Waals surface area contributed by atoms with Crippen LogP contribution < -0.4 is 5.32 Å². The van der Waals surface area contributed by atoms with Crippen LogP contribution >= 0.6 is 0 Å². The Morgan fingerprint density at radius 3 is 2.53 bits per heavy atom. The van der Waals surface area contributed by atoms with E-state index >= 15 is 0 Å². The maximum absolute atomic E-state index is 13.5. The van der Waals surface area contributed by atoms with Gasteiger partial charge in [0.05, 0.1) is 5.92 Å². The van der Waals surface area contributed by atoms with E-state index in [-0.39, 0.29) is 11.5 Å². The zero-order valence-electron chi connectivity index (χ0n) is 19.6. The Labute approximate surface area is 200 Å². The SMILES string of the molecule is C/C=C(\C=C/CC)C(CCNc1ccc(C2=CC=CC=CC2C(F)(F)F)cn1)c1ccccc1. The molecule has 34 heavy (non-hydrogen) atoms. The maximum atomic E-state index is 13.5. The highest BCUT2D eigenvalue weighted by Crippen LogP contribution is 2.39.